The Morgan fingerprint density at radius 2 is 2.08 bits per heavy atom. The Morgan fingerprint density at radius 1 is 1.40 bits per heavy atom. The molecule has 25 heavy (non-hydrogen) atoms. The Hall–Kier alpha value is -2.13. The molecule has 0 aromatic heterocycles. The molecule has 0 radical (unpaired) electrons. The molecule has 0 saturated carbocycles. The zero-order valence-corrected chi connectivity index (χ0v) is 15.4. The third-order valence-electron chi connectivity index (χ3n) is 3.27. The van der Waals surface area contributed by atoms with Crippen LogP contribution < -0.4 is 16.4 Å². The maximum Gasteiger partial charge on any atom is 0.270 e. The van der Waals surface area contributed by atoms with Gasteiger partial charge in [0.2, 0.25) is 5.91 Å². The van der Waals surface area contributed by atoms with Gasteiger partial charge in [-0.05, 0) is 38.3 Å². The summed E-state index contributed by atoms with van der Waals surface area (Å²) in [5, 5.41) is 16.2. The molecule has 1 atom stereocenters. The predicted octanol–water partition coefficient (Wildman–Crippen LogP) is 1.30. The van der Waals surface area contributed by atoms with Crippen molar-refractivity contribution in [2.24, 2.45) is 5.73 Å². The summed E-state index contributed by atoms with van der Waals surface area (Å²) in [6, 6.07) is 4.65. The fraction of sp³-hybridized carbons (Fsp3) is 0.500. The van der Waals surface area contributed by atoms with Gasteiger partial charge in [-0.3, -0.25) is 19.7 Å². The lowest BCUT2D eigenvalue weighted by Crippen LogP contribution is -2.52. The molecule has 4 N–H and O–H groups in total. The number of nitro groups is 1. The fourth-order valence-corrected chi connectivity index (χ4v) is 2.42. The van der Waals surface area contributed by atoms with Crippen molar-refractivity contribution in [3.05, 3.63) is 39.9 Å². The average Bonchev–Trinajstić information content (AvgIpc) is 2.55. The summed E-state index contributed by atoms with van der Waals surface area (Å²) < 4.78 is 0. The van der Waals surface area contributed by atoms with Crippen LogP contribution in [0.5, 0.6) is 0 Å². The normalized spacial score (nSPS) is 12.3. The van der Waals surface area contributed by atoms with Gasteiger partial charge in [0.05, 0.1) is 4.92 Å². The van der Waals surface area contributed by atoms with Crippen molar-refractivity contribution in [3.63, 3.8) is 0 Å². The highest BCUT2D eigenvalue weighted by Crippen LogP contribution is 2.13. The number of hydrogen-bond acceptors (Lipinski definition) is 6. The van der Waals surface area contributed by atoms with Crippen molar-refractivity contribution >= 4 is 29.3 Å². The number of thioether (sulfide) groups is 1. The Morgan fingerprint density at radius 3 is 2.64 bits per heavy atom. The van der Waals surface area contributed by atoms with Gasteiger partial charge < -0.3 is 16.4 Å². The summed E-state index contributed by atoms with van der Waals surface area (Å²) in [6.45, 7) is 3.84. The SMILES string of the molecule is CSCCC(NC(=O)c1cccc([N+](=O)[O-])c1)C(=O)NCC(C)(C)N. The van der Waals surface area contributed by atoms with Crippen molar-refractivity contribution in [3.8, 4) is 0 Å². The summed E-state index contributed by atoms with van der Waals surface area (Å²) in [5.41, 5.74) is 5.24. The van der Waals surface area contributed by atoms with E-state index in [1.807, 2.05) is 6.26 Å². The van der Waals surface area contributed by atoms with Crippen LogP contribution in [0.15, 0.2) is 24.3 Å². The molecule has 138 valence electrons. The van der Waals surface area contributed by atoms with Gasteiger partial charge in [0.1, 0.15) is 6.04 Å². The molecule has 0 aliphatic heterocycles. The molecule has 9 heteroatoms. The number of rotatable bonds is 9. The van der Waals surface area contributed by atoms with Gasteiger partial charge in [-0.15, -0.1) is 0 Å². The Labute approximate surface area is 151 Å². The third kappa shape index (κ3) is 7.53. The van der Waals surface area contributed by atoms with E-state index in [0.717, 1.165) is 0 Å². The number of benzene rings is 1. The number of hydrogen-bond donors (Lipinski definition) is 3. The van der Waals surface area contributed by atoms with Crippen molar-refractivity contribution < 1.29 is 14.5 Å². The third-order valence-corrected chi connectivity index (χ3v) is 3.91. The average molecular weight is 368 g/mol. The van der Waals surface area contributed by atoms with Crippen LogP contribution in [0.2, 0.25) is 0 Å². The van der Waals surface area contributed by atoms with E-state index in [4.69, 9.17) is 5.73 Å². The maximum absolute atomic E-state index is 12.4. The highest BCUT2D eigenvalue weighted by molar-refractivity contribution is 7.98. The lowest BCUT2D eigenvalue weighted by molar-refractivity contribution is -0.384. The van der Waals surface area contributed by atoms with Crippen LogP contribution in [0.4, 0.5) is 5.69 Å². The molecule has 1 aromatic carbocycles. The van der Waals surface area contributed by atoms with E-state index in [1.54, 1.807) is 25.6 Å². The molecule has 0 fully saturated rings. The molecular formula is C16H24N4O4S. The monoisotopic (exact) mass is 368 g/mol. The molecule has 0 spiro atoms. The van der Waals surface area contributed by atoms with Crippen LogP contribution in [0.3, 0.4) is 0 Å². The summed E-state index contributed by atoms with van der Waals surface area (Å²) >= 11 is 1.55. The number of non-ortho nitro benzene ring substituents is 1. The number of carbonyl (C=O) groups is 2. The van der Waals surface area contributed by atoms with E-state index in [0.29, 0.717) is 12.2 Å². The number of nitrogens with one attached hydrogen (secondary N) is 2. The van der Waals surface area contributed by atoms with Gasteiger partial charge in [0.15, 0.2) is 0 Å². The molecular weight excluding hydrogens is 344 g/mol. The van der Waals surface area contributed by atoms with Crippen LogP contribution in [0.1, 0.15) is 30.6 Å². The minimum atomic E-state index is -0.735. The van der Waals surface area contributed by atoms with Crippen LogP contribution in [0, 0.1) is 10.1 Å². The standard InChI is InChI=1S/C16H24N4O4S/c1-16(2,17)10-18-15(22)13(7-8-25-3)19-14(21)11-5-4-6-12(9-11)20(23)24/h4-6,9,13H,7-8,10,17H2,1-3H3,(H,18,22)(H,19,21). The second kappa shape index (κ2) is 9.38. The minimum Gasteiger partial charge on any atom is -0.352 e. The van der Waals surface area contributed by atoms with Gasteiger partial charge >= 0.3 is 0 Å². The zero-order valence-electron chi connectivity index (χ0n) is 14.6. The number of nitrogens with two attached hydrogens (primary N) is 1. The van der Waals surface area contributed by atoms with E-state index < -0.39 is 22.4 Å². The van der Waals surface area contributed by atoms with E-state index in [-0.39, 0.29) is 23.7 Å². The molecule has 1 unspecified atom stereocenters. The summed E-state index contributed by atoms with van der Waals surface area (Å²) in [7, 11) is 0. The molecule has 0 saturated heterocycles. The maximum atomic E-state index is 12.4. The molecule has 0 bridgehead atoms. The van der Waals surface area contributed by atoms with Gasteiger partial charge in [-0.2, -0.15) is 11.8 Å². The largest absolute Gasteiger partial charge is 0.352 e. The van der Waals surface area contributed by atoms with Crippen LogP contribution in [0.25, 0.3) is 0 Å². The first kappa shape index (κ1) is 20.9. The molecule has 1 rings (SSSR count). The Balaban J connectivity index is 2.82. The van der Waals surface area contributed by atoms with E-state index in [1.165, 1.54) is 24.3 Å². The number of carbonyl (C=O) groups excluding carboxylic acids is 2. The topological polar surface area (TPSA) is 127 Å². The Bertz CT molecular complexity index is 631. The minimum absolute atomic E-state index is 0.135. The van der Waals surface area contributed by atoms with E-state index >= 15 is 0 Å². The molecule has 2 amide bonds. The highest BCUT2D eigenvalue weighted by atomic mass is 32.2. The number of nitrogens with zero attached hydrogens (tertiary/aromatic N) is 1. The van der Waals surface area contributed by atoms with E-state index in [2.05, 4.69) is 10.6 Å². The first-order valence-electron chi connectivity index (χ1n) is 7.75. The van der Waals surface area contributed by atoms with E-state index in [9.17, 15) is 19.7 Å². The molecule has 0 heterocycles. The highest BCUT2D eigenvalue weighted by Gasteiger charge is 2.23. The van der Waals surface area contributed by atoms with Crippen molar-refractivity contribution in [1.29, 1.82) is 0 Å². The lowest BCUT2D eigenvalue weighted by atomic mass is 10.1. The van der Waals surface area contributed by atoms with Gasteiger partial charge in [-0.25, -0.2) is 0 Å². The Kier molecular flexibility index (Phi) is 7.85. The summed E-state index contributed by atoms with van der Waals surface area (Å²) in [4.78, 5) is 34.9. The molecule has 1 aromatic rings. The van der Waals surface area contributed by atoms with Gasteiger partial charge in [0, 0.05) is 29.8 Å². The summed E-state index contributed by atoms with van der Waals surface area (Å²) in [6.07, 6.45) is 2.35. The van der Waals surface area contributed by atoms with Gasteiger partial charge in [-0.1, -0.05) is 6.07 Å². The quantitative estimate of drug-likeness (QED) is 0.445. The second-order valence-corrected chi connectivity index (χ2v) is 7.31. The first-order chi connectivity index (χ1) is 11.6. The molecule has 0 aliphatic carbocycles. The fourth-order valence-electron chi connectivity index (χ4n) is 1.94. The second-order valence-electron chi connectivity index (χ2n) is 6.32. The van der Waals surface area contributed by atoms with Crippen LogP contribution >= 0.6 is 11.8 Å². The predicted molar refractivity (Wildman–Crippen MR) is 98.6 cm³/mol. The molecule has 8 nitrogen and oxygen atoms in total. The molecule has 0 aliphatic rings. The van der Waals surface area contributed by atoms with Crippen molar-refractivity contribution in [1.82, 2.24) is 10.6 Å². The van der Waals surface area contributed by atoms with Crippen LogP contribution in [-0.4, -0.2) is 46.9 Å². The first-order valence-corrected chi connectivity index (χ1v) is 9.14. The van der Waals surface area contributed by atoms with Crippen molar-refractivity contribution in [2.75, 3.05) is 18.6 Å². The summed E-state index contributed by atoms with van der Waals surface area (Å²) in [5.74, 6) is -0.178. The number of amides is 2. The van der Waals surface area contributed by atoms with Crippen molar-refractivity contribution in [2.45, 2.75) is 31.8 Å². The van der Waals surface area contributed by atoms with Gasteiger partial charge in [0.25, 0.3) is 11.6 Å². The number of nitro benzene ring substituents is 1. The lowest BCUT2D eigenvalue weighted by Gasteiger charge is -2.23. The zero-order chi connectivity index (χ0) is 19.0. The van der Waals surface area contributed by atoms with Crippen LogP contribution in [-0.2, 0) is 4.79 Å². The smallest absolute Gasteiger partial charge is 0.270 e.